The largest absolute Gasteiger partial charge is 0.494 e. The van der Waals surface area contributed by atoms with Gasteiger partial charge in [0, 0.05) is 5.56 Å². The van der Waals surface area contributed by atoms with Crippen molar-refractivity contribution in [3.63, 3.8) is 0 Å². The van der Waals surface area contributed by atoms with Gasteiger partial charge >= 0.3 is 0 Å². The van der Waals surface area contributed by atoms with Crippen LogP contribution >= 0.6 is 11.8 Å². The first-order valence-corrected chi connectivity index (χ1v) is 9.45. The molecule has 0 N–H and O–H groups in total. The van der Waals surface area contributed by atoms with Crippen LogP contribution in [0.2, 0.25) is 0 Å². The number of Topliss-reactive ketones (excluding diaryl/α,β-unsaturated/α-hetero) is 1. The summed E-state index contributed by atoms with van der Waals surface area (Å²) in [5, 5.41) is 9.14. The smallest absolute Gasteiger partial charge is 0.196 e. The normalized spacial score (nSPS) is 10.7. The third-order valence-corrected chi connectivity index (χ3v) is 4.90. The Kier molecular flexibility index (Phi) is 5.73. The van der Waals surface area contributed by atoms with Crippen molar-refractivity contribution in [1.82, 2.24) is 14.8 Å². The van der Waals surface area contributed by atoms with E-state index in [1.54, 1.807) is 12.1 Å². The maximum Gasteiger partial charge on any atom is 0.196 e. The second-order valence-electron chi connectivity index (χ2n) is 5.82. The van der Waals surface area contributed by atoms with Gasteiger partial charge in [-0.05, 0) is 56.7 Å². The Hall–Kier alpha value is -2.60. The summed E-state index contributed by atoms with van der Waals surface area (Å²) < 4.78 is 7.40. The summed E-state index contributed by atoms with van der Waals surface area (Å²) >= 11 is 1.40. The van der Waals surface area contributed by atoms with Crippen LogP contribution in [0.5, 0.6) is 5.75 Å². The van der Waals surface area contributed by atoms with Crippen molar-refractivity contribution in [3.8, 4) is 11.4 Å². The van der Waals surface area contributed by atoms with Crippen molar-refractivity contribution in [2.45, 2.75) is 25.9 Å². The Labute approximate surface area is 157 Å². The zero-order valence-electron chi connectivity index (χ0n) is 15.1. The zero-order valence-corrected chi connectivity index (χ0v) is 15.9. The maximum atomic E-state index is 12.5. The SMILES string of the molecule is CCOc1ccc(C(=O)CSc2nnc(C)n2-c2ccccc2C)cc1. The molecule has 0 spiro atoms. The van der Waals surface area contributed by atoms with Gasteiger partial charge in [0.15, 0.2) is 10.9 Å². The van der Waals surface area contributed by atoms with E-state index in [9.17, 15) is 4.79 Å². The van der Waals surface area contributed by atoms with Gasteiger partial charge in [0.1, 0.15) is 11.6 Å². The molecule has 0 saturated carbocycles. The number of ether oxygens (including phenoxy) is 1. The van der Waals surface area contributed by atoms with Crippen LogP contribution in [0.3, 0.4) is 0 Å². The molecule has 0 unspecified atom stereocenters. The molecule has 6 heteroatoms. The van der Waals surface area contributed by atoms with Gasteiger partial charge in [-0.3, -0.25) is 9.36 Å². The molecule has 0 aliphatic rings. The topological polar surface area (TPSA) is 57.0 Å². The quantitative estimate of drug-likeness (QED) is 0.461. The molecule has 0 bridgehead atoms. The number of rotatable bonds is 7. The molecule has 0 amide bonds. The minimum absolute atomic E-state index is 0.0510. The maximum absolute atomic E-state index is 12.5. The van der Waals surface area contributed by atoms with Crippen LogP contribution in [-0.2, 0) is 0 Å². The van der Waals surface area contributed by atoms with E-state index in [1.807, 2.05) is 61.7 Å². The monoisotopic (exact) mass is 367 g/mol. The number of para-hydroxylation sites is 1. The van der Waals surface area contributed by atoms with Gasteiger partial charge in [0.2, 0.25) is 0 Å². The number of aromatic nitrogens is 3. The molecule has 26 heavy (non-hydrogen) atoms. The fraction of sp³-hybridized carbons (Fsp3) is 0.250. The van der Waals surface area contributed by atoms with Gasteiger partial charge in [-0.1, -0.05) is 30.0 Å². The van der Waals surface area contributed by atoms with Crippen molar-refractivity contribution in [2.24, 2.45) is 0 Å². The third-order valence-electron chi connectivity index (χ3n) is 3.97. The van der Waals surface area contributed by atoms with Gasteiger partial charge in [0.05, 0.1) is 18.0 Å². The lowest BCUT2D eigenvalue weighted by molar-refractivity contribution is 0.102. The van der Waals surface area contributed by atoms with E-state index in [4.69, 9.17) is 4.74 Å². The molecule has 3 rings (SSSR count). The molecule has 3 aromatic rings. The Morgan fingerprint density at radius 3 is 2.50 bits per heavy atom. The highest BCUT2D eigenvalue weighted by atomic mass is 32.2. The molecule has 1 aromatic heterocycles. The lowest BCUT2D eigenvalue weighted by atomic mass is 10.1. The fourth-order valence-corrected chi connectivity index (χ4v) is 3.53. The minimum atomic E-state index is 0.0510. The summed E-state index contributed by atoms with van der Waals surface area (Å²) in [7, 11) is 0. The fourth-order valence-electron chi connectivity index (χ4n) is 2.65. The van der Waals surface area contributed by atoms with Gasteiger partial charge in [0.25, 0.3) is 0 Å². The molecule has 2 aromatic carbocycles. The number of ketones is 1. The summed E-state index contributed by atoms with van der Waals surface area (Å²) in [5.41, 5.74) is 2.83. The highest BCUT2D eigenvalue weighted by Crippen LogP contribution is 2.24. The average Bonchev–Trinajstić information content (AvgIpc) is 3.01. The first kappa shape index (κ1) is 18.2. The molecular formula is C20H21N3O2S. The van der Waals surface area contributed by atoms with Crippen LogP contribution in [-0.4, -0.2) is 32.9 Å². The van der Waals surface area contributed by atoms with Crippen molar-refractivity contribution >= 4 is 17.5 Å². The molecule has 5 nitrogen and oxygen atoms in total. The first-order valence-electron chi connectivity index (χ1n) is 8.47. The molecule has 0 aliphatic heterocycles. The van der Waals surface area contributed by atoms with E-state index in [0.717, 1.165) is 28.0 Å². The number of thioether (sulfide) groups is 1. The van der Waals surface area contributed by atoms with Crippen molar-refractivity contribution in [1.29, 1.82) is 0 Å². The molecule has 0 aliphatic carbocycles. The van der Waals surface area contributed by atoms with Gasteiger partial charge in [-0.25, -0.2) is 0 Å². The Bertz CT molecular complexity index is 904. The lowest BCUT2D eigenvalue weighted by Crippen LogP contribution is -2.06. The third kappa shape index (κ3) is 3.96. The molecule has 0 saturated heterocycles. The van der Waals surface area contributed by atoms with E-state index in [-0.39, 0.29) is 5.78 Å². The Morgan fingerprint density at radius 2 is 1.81 bits per heavy atom. The van der Waals surface area contributed by atoms with E-state index >= 15 is 0 Å². The summed E-state index contributed by atoms with van der Waals surface area (Å²) in [6, 6.07) is 15.3. The molecule has 1 heterocycles. The van der Waals surface area contributed by atoms with E-state index in [0.29, 0.717) is 17.9 Å². The molecule has 0 fully saturated rings. The van der Waals surface area contributed by atoms with Crippen LogP contribution in [0.4, 0.5) is 0 Å². The zero-order chi connectivity index (χ0) is 18.5. The highest BCUT2D eigenvalue weighted by Gasteiger charge is 2.15. The number of aryl methyl sites for hydroxylation is 2. The predicted octanol–water partition coefficient (Wildman–Crippen LogP) is 4.26. The summed E-state index contributed by atoms with van der Waals surface area (Å²) in [4.78, 5) is 12.5. The van der Waals surface area contributed by atoms with E-state index in [1.165, 1.54) is 11.8 Å². The van der Waals surface area contributed by atoms with Gasteiger partial charge in [-0.2, -0.15) is 0 Å². The number of carbonyl (C=O) groups excluding carboxylic acids is 1. The summed E-state index contributed by atoms with van der Waals surface area (Å²) in [6.45, 7) is 6.51. The number of hydrogen-bond donors (Lipinski definition) is 0. The number of hydrogen-bond acceptors (Lipinski definition) is 5. The number of benzene rings is 2. The lowest BCUT2D eigenvalue weighted by Gasteiger charge is -2.11. The predicted molar refractivity (Wildman–Crippen MR) is 103 cm³/mol. The second kappa shape index (κ2) is 8.19. The van der Waals surface area contributed by atoms with Crippen LogP contribution in [0, 0.1) is 13.8 Å². The van der Waals surface area contributed by atoms with E-state index in [2.05, 4.69) is 10.2 Å². The van der Waals surface area contributed by atoms with Gasteiger partial charge < -0.3 is 4.74 Å². The molecule has 0 radical (unpaired) electrons. The summed E-state index contributed by atoms with van der Waals surface area (Å²) in [5.74, 6) is 1.93. The van der Waals surface area contributed by atoms with Crippen LogP contribution in [0.1, 0.15) is 28.7 Å². The van der Waals surface area contributed by atoms with E-state index < -0.39 is 0 Å². The Morgan fingerprint density at radius 1 is 1.08 bits per heavy atom. The van der Waals surface area contributed by atoms with Crippen molar-refractivity contribution in [2.75, 3.05) is 12.4 Å². The van der Waals surface area contributed by atoms with Crippen LogP contribution in [0.15, 0.2) is 53.7 Å². The average molecular weight is 367 g/mol. The number of carbonyl (C=O) groups is 1. The van der Waals surface area contributed by atoms with Crippen LogP contribution in [0.25, 0.3) is 5.69 Å². The Balaban J connectivity index is 1.74. The summed E-state index contributed by atoms with van der Waals surface area (Å²) in [6.07, 6.45) is 0. The van der Waals surface area contributed by atoms with Gasteiger partial charge in [-0.15, -0.1) is 10.2 Å². The van der Waals surface area contributed by atoms with Crippen LogP contribution < -0.4 is 4.74 Å². The minimum Gasteiger partial charge on any atom is -0.494 e. The number of nitrogens with zero attached hydrogens (tertiary/aromatic N) is 3. The highest BCUT2D eigenvalue weighted by molar-refractivity contribution is 7.99. The van der Waals surface area contributed by atoms with Crippen molar-refractivity contribution < 1.29 is 9.53 Å². The molecule has 0 atom stereocenters. The molecule has 134 valence electrons. The molecular weight excluding hydrogens is 346 g/mol. The van der Waals surface area contributed by atoms with Crippen molar-refractivity contribution in [3.05, 3.63) is 65.5 Å². The second-order valence-corrected chi connectivity index (χ2v) is 6.76. The first-order chi connectivity index (χ1) is 12.6. The standard InChI is InChI=1S/C20H21N3O2S/c1-4-25-17-11-9-16(10-12-17)19(24)13-26-20-22-21-15(3)23(20)18-8-6-5-7-14(18)2/h5-12H,4,13H2,1-3H3.